The summed E-state index contributed by atoms with van der Waals surface area (Å²) in [6, 6.07) is 15.3. The maximum Gasteiger partial charge on any atom is 0.137 e. The molecule has 6 heteroatoms. The molecular weight excluding hydrogens is 408 g/mol. The van der Waals surface area contributed by atoms with Gasteiger partial charge in [-0.3, -0.25) is 9.88 Å². The number of aryl methyl sites for hydroxylation is 1. The number of anilines is 1. The SMILES string of the molecule is CCc1nn(-c2ccccc2)c(N2CCN(CC)CC2)c1CN(Cc1ccncc1)C(C)C. The van der Waals surface area contributed by atoms with E-state index in [1.807, 2.05) is 12.4 Å². The van der Waals surface area contributed by atoms with Gasteiger partial charge in [0, 0.05) is 63.3 Å². The molecule has 1 saturated heterocycles. The molecule has 1 aliphatic heterocycles. The van der Waals surface area contributed by atoms with Crippen molar-refractivity contribution in [2.45, 2.75) is 53.2 Å². The zero-order valence-corrected chi connectivity index (χ0v) is 20.6. The molecule has 0 atom stereocenters. The van der Waals surface area contributed by atoms with Crippen molar-refractivity contribution in [2.75, 3.05) is 37.6 Å². The average molecular weight is 447 g/mol. The summed E-state index contributed by atoms with van der Waals surface area (Å²) < 4.78 is 2.20. The summed E-state index contributed by atoms with van der Waals surface area (Å²) in [5, 5.41) is 5.16. The number of likely N-dealkylation sites (N-methyl/N-ethyl adjacent to an activating group) is 1. The molecule has 0 saturated carbocycles. The number of rotatable bonds is 9. The monoisotopic (exact) mass is 446 g/mol. The van der Waals surface area contributed by atoms with Gasteiger partial charge in [0.25, 0.3) is 0 Å². The van der Waals surface area contributed by atoms with Gasteiger partial charge in [0.15, 0.2) is 0 Å². The van der Waals surface area contributed by atoms with Crippen molar-refractivity contribution in [2.24, 2.45) is 0 Å². The molecule has 0 N–H and O–H groups in total. The Morgan fingerprint density at radius 3 is 2.21 bits per heavy atom. The van der Waals surface area contributed by atoms with Crippen molar-refractivity contribution in [3.8, 4) is 5.69 Å². The van der Waals surface area contributed by atoms with Gasteiger partial charge >= 0.3 is 0 Å². The standard InChI is InChI=1S/C27H38N6/c1-5-26-25(21-32(22(3)4)20-23-12-14-28-15-13-23)27(31-18-16-30(6-2)17-19-31)33(29-26)24-10-8-7-9-11-24/h7-15,22H,5-6,16-21H2,1-4H3. The number of hydrogen-bond donors (Lipinski definition) is 0. The molecule has 0 spiro atoms. The zero-order chi connectivity index (χ0) is 23.2. The van der Waals surface area contributed by atoms with Crippen LogP contribution in [0.25, 0.3) is 5.69 Å². The van der Waals surface area contributed by atoms with Crippen molar-refractivity contribution in [1.82, 2.24) is 24.6 Å². The lowest BCUT2D eigenvalue weighted by Crippen LogP contribution is -2.47. The highest BCUT2D eigenvalue weighted by molar-refractivity contribution is 5.56. The van der Waals surface area contributed by atoms with Gasteiger partial charge < -0.3 is 9.80 Å². The summed E-state index contributed by atoms with van der Waals surface area (Å²) in [7, 11) is 0. The molecule has 2 aromatic heterocycles. The number of nitrogens with zero attached hydrogens (tertiary/aromatic N) is 6. The van der Waals surface area contributed by atoms with E-state index in [4.69, 9.17) is 5.10 Å². The van der Waals surface area contributed by atoms with Crippen LogP contribution in [0, 0.1) is 0 Å². The van der Waals surface area contributed by atoms with Crippen LogP contribution in [0.3, 0.4) is 0 Å². The molecule has 33 heavy (non-hydrogen) atoms. The van der Waals surface area contributed by atoms with E-state index in [0.29, 0.717) is 6.04 Å². The van der Waals surface area contributed by atoms with Crippen molar-refractivity contribution in [1.29, 1.82) is 0 Å². The Hall–Kier alpha value is -2.70. The molecule has 176 valence electrons. The minimum atomic E-state index is 0.424. The second-order valence-electron chi connectivity index (χ2n) is 9.13. The van der Waals surface area contributed by atoms with Gasteiger partial charge in [-0.2, -0.15) is 5.10 Å². The molecular formula is C27H38N6. The van der Waals surface area contributed by atoms with Crippen LogP contribution in [0.5, 0.6) is 0 Å². The minimum absolute atomic E-state index is 0.424. The molecule has 1 aromatic carbocycles. The molecule has 3 heterocycles. The smallest absolute Gasteiger partial charge is 0.137 e. The molecule has 3 aromatic rings. The van der Waals surface area contributed by atoms with E-state index in [1.54, 1.807) is 0 Å². The Morgan fingerprint density at radius 2 is 1.61 bits per heavy atom. The number of benzene rings is 1. The lowest BCUT2D eigenvalue weighted by molar-refractivity contribution is 0.203. The molecule has 6 nitrogen and oxygen atoms in total. The first-order chi connectivity index (χ1) is 16.1. The number of piperazine rings is 1. The van der Waals surface area contributed by atoms with Crippen LogP contribution in [0.15, 0.2) is 54.9 Å². The van der Waals surface area contributed by atoms with Gasteiger partial charge in [0.1, 0.15) is 5.82 Å². The summed E-state index contributed by atoms with van der Waals surface area (Å²) in [6.07, 6.45) is 4.70. The van der Waals surface area contributed by atoms with Crippen LogP contribution in [-0.2, 0) is 19.5 Å². The first-order valence-corrected chi connectivity index (χ1v) is 12.4. The molecule has 4 rings (SSSR count). The van der Waals surface area contributed by atoms with Gasteiger partial charge in [-0.05, 0) is 56.6 Å². The van der Waals surface area contributed by atoms with Crippen LogP contribution in [0.2, 0.25) is 0 Å². The predicted molar refractivity (Wildman–Crippen MR) is 136 cm³/mol. The molecule has 0 unspecified atom stereocenters. The van der Waals surface area contributed by atoms with Crippen LogP contribution in [-0.4, -0.2) is 63.3 Å². The van der Waals surface area contributed by atoms with E-state index in [9.17, 15) is 0 Å². The summed E-state index contributed by atoms with van der Waals surface area (Å²) >= 11 is 0. The minimum Gasteiger partial charge on any atom is -0.354 e. The van der Waals surface area contributed by atoms with Gasteiger partial charge in [0.05, 0.1) is 11.4 Å². The first kappa shape index (κ1) is 23.5. The third kappa shape index (κ3) is 5.45. The van der Waals surface area contributed by atoms with E-state index in [2.05, 4.69) is 94.5 Å². The fourth-order valence-corrected chi connectivity index (χ4v) is 4.63. The van der Waals surface area contributed by atoms with E-state index in [1.165, 1.54) is 22.6 Å². The summed E-state index contributed by atoms with van der Waals surface area (Å²) in [4.78, 5) is 11.8. The van der Waals surface area contributed by atoms with Crippen molar-refractivity contribution in [3.63, 3.8) is 0 Å². The van der Waals surface area contributed by atoms with Gasteiger partial charge in [0.2, 0.25) is 0 Å². The van der Waals surface area contributed by atoms with Gasteiger partial charge in [-0.15, -0.1) is 0 Å². The molecule has 0 amide bonds. The fourth-order valence-electron chi connectivity index (χ4n) is 4.63. The lowest BCUT2D eigenvalue weighted by Gasteiger charge is -2.36. The zero-order valence-electron chi connectivity index (χ0n) is 20.6. The number of hydrogen-bond acceptors (Lipinski definition) is 5. The summed E-state index contributed by atoms with van der Waals surface area (Å²) in [5.74, 6) is 1.27. The van der Waals surface area contributed by atoms with Gasteiger partial charge in [-0.25, -0.2) is 4.68 Å². The fraction of sp³-hybridized carbons (Fsp3) is 0.481. The second-order valence-corrected chi connectivity index (χ2v) is 9.13. The van der Waals surface area contributed by atoms with Crippen molar-refractivity contribution >= 4 is 5.82 Å². The predicted octanol–water partition coefficient (Wildman–Crippen LogP) is 4.38. The Labute approximate surface area is 198 Å². The van der Waals surface area contributed by atoms with E-state index in [-0.39, 0.29) is 0 Å². The highest BCUT2D eigenvalue weighted by Gasteiger charge is 2.27. The number of aromatic nitrogens is 3. The van der Waals surface area contributed by atoms with Crippen LogP contribution in [0.4, 0.5) is 5.82 Å². The normalized spacial score (nSPS) is 15.0. The van der Waals surface area contributed by atoms with Crippen LogP contribution >= 0.6 is 0 Å². The summed E-state index contributed by atoms with van der Waals surface area (Å²) in [6.45, 7) is 16.2. The average Bonchev–Trinajstić information content (AvgIpc) is 3.23. The Kier molecular flexibility index (Phi) is 7.78. The highest BCUT2D eigenvalue weighted by atomic mass is 15.4. The highest BCUT2D eigenvalue weighted by Crippen LogP contribution is 2.31. The Morgan fingerprint density at radius 1 is 0.909 bits per heavy atom. The molecule has 0 aliphatic carbocycles. The molecule has 1 aliphatic rings. The van der Waals surface area contributed by atoms with Crippen LogP contribution < -0.4 is 4.90 Å². The molecule has 1 fully saturated rings. The van der Waals surface area contributed by atoms with Crippen molar-refractivity contribution < 1.29 is 0 Å². The largest absolute Gasteiger partial charge is 0.354 e. The summed E-state index contributed by atoms with van der Waals surface area (Å²) in [5.41, 5.74) is 5.00. The third-order valence-electron chi connectivity index (χ3n) is 6.72. The number of pyridine rings is 1. The Balaban J connectivity index is 1.73. The first-order valence-electron chi connectivity index (χ1n) is 12.4. The van der Waals surface area contributed by atoms with E-state index < -0.39 is 0 Å². The topological polar surface area (TPSA) is 40.4 Å². The lowest BCUT2D eigenvalue weighted by atomic mass is 10.1. The quantitative estimate of drug-likeness (QED) is 0.488. The number of para-hydroxylation sites is 1. The van der Waals surface area contributed by atoms with Crippen molar-refractivity contribution in [3.05, 3.63) is 71.7 Å². The van der Waals surface area contributed by atoms with E-state index in [0.717, 1.165) is 57.9 Å². The third-order valence-corrected chi connectivity index (χ3v) is 6.72. The maximum absolute atomic E-state index is 5.16. The maximum atomic E-state index is 5.16. The molecule has 0 radical (unpaired) electrons. The van der Waals surface area contributed by atoms with Crippen LogP contribution in [0.1, 0.15) is 44.5 Å². The molecule has 0 bridgehead atoms. The Bertz CT molecular complexity index is 990. The second kappa shape index (κ2) is 10.9. The van der Waals surface area contributed by atoms with E-state index >= 15 is 0 Å². The van der Waals surface area contributed by atoms with Gasteiger partial charge in [-0.1, -0.05) is 32.0 Å².